The number of rotatable bonds is 0. The molecule has 1 aliphatic rings. The standard InChI is InChI=1S/C3H3NS2/c1-2-5-3-6-4-1/h1-2,4H. The molecule has 0 unspecified atom stereocenters. The minimum Gasteiger partial charge on any atom is -0.335 e. The molecule has 0 atom stereocenters. The van der Waals surface area contributed by atoms with Gasteiger partial charge in [-0.2, -0.15) is 0 Å². The summed E-state index contributed by atoms with van der Waals surface area (Å²) < 4.78 is 2.89. The number of thioether (sulfide) groups is 1. The highest BCUT2D eigenvalue weighted by Gasteiger charge is 1.88. The molecule has 1 nitrogen and oxygen atoms in total. The van der Waals surface area contributed by atoms with Gasteiger partial charge in [0, 0.05) is 6.20 Å². The van der Waals surface area contributed by atoms with Crippen LogP contribution in [-0.2, 0) is 0 Å². The van der Waals surface area contributed by atoms with Gasteiger partial charge in [-0.3, -0.25) is 0 Å². The van der Waals surface area contributed by atoms with Crippen LogP contribution in [0.2, 0.25) is 0 Å². The molecule has 0 fully saturated rings. The molecular weight excluding hydrogens is 114 g/mol. The Morgan fingerprint density at radius 1 is 1.67 bits per heavy atom. The molecule has 0 amide bonds. The van der Waals surface area contributed by atoms with E-state index < -0.39 is 0 Å². The van der Waals surface area contributed by atoms with E-state index in [4.69, 9.17) is 0 Å². The molecule has 0 spiro atoms. The van der Waals surface area contributed by atoms with Crippen LogP contribution in [0.15, 0.2) is 11.6 Å². The van der Waals surface area contributed by atoms with Gasteiger partial charge in [-0.25, -0.2) is 0 Å². The average molecular weight is 117 g/mol. The van der Waals surface area contributed by atoms with Gasteiger partial charge in [-0.1, -0.05) is 0 Å². The predicted molar refractivity (Wildman–Crippen MR) is 30.7 cm³/mol. The van der Waals surface area contributed by atoms with E-state index >= 15 is 0 Å². The predicted octanol–water partition coefficient (Wildman–Crippen LogP) is 1.44. The summed E-state index contributed by atoms with van der Waals surface area (Å²) in [5, 5.41) is 4.86. The normalized spacial score (nSPS) is 20.0. The molecule has 0 aliphatic carbocycles. The lowest BCUT2D eigenvalue weighted by Crippen LogP contribution is -1.89. The Balaban J connectivity index is 2.26. The first-order chi connectivity index (χ1) is 3.00. The third kappa shape index (κ3) is 1.14. The van der Waals surface area contributed by atoms with E-state index in [1.807, 2.05) is 11.6 Å². The lowest BCUT2D eigenvalue weighted by atomic mass is 11.1. The van der Waals surface area contributed by atoms with E-state index in [0.717, 1.165) is 0 Å². The number of hydrogen-bond acceptors (Lipinski definition) is 3. The Morgan fingerprint density at radius 3 is 2.83 bits per heavy atom. The largest absolute Gasteiger partial charge is 0.335 e. The fourth-order valence-electron chi connectivity index (χ4n) is 0.172. The van der Waals surface area contributed by atoms with Gasteiger partial charge < -0.3 is 4.72 Å². The summed E-state index contributed by atoms with van der Waals surface area (Å²) in [5.41, 5.74) is 0. The molecular formula is C3H3NS2. The summed E-state index contributed by atoms with van der Waals surface area (Å²) >= 11 is 3.04. The first kappa shape index (κ1) is 4.40. The van der Waals surface area contributed by atoms with Crippen LogP contribution in [0.5, 0.6) is 0 Å². The molecule has 0 aromatic carbocycles. The van der Waals surface area contributed by atoms with E-state index in [1.165, 1.54) is 11.9 Å². The molecule has 0 aromatic heterocycles. The molecule has 1 rings (SSSR count). The van der Waals surface area contributed by atoms with E-state index in [9.17, 15) is 0 Å². The van der Waals surface area contributed by atoms with Crippen molar-refractivity contribution < 1.29 is 0 Å². The maximum Gasteiger partial charge on any atom is 0.141 e. The second-order valence-corrected chi connectivity index (χ2v) is 2.34. The third-order valence-corrected chi connectivity index (χ3v) is 1.60. The zero-order valence-electron chi connectivity index (χ0n) is 2.97. The smallest absolute Gasteiger partial charge is 0.141 e. The molecule has 2 radical (unpaired) electrons. The Morgan fingerprint density at radius 2 is 2.67 bits per heavy atom. The lowest BCUT2D eigenvalue weighted by Gasteiger charge is -1.98. The summed E-state index contributed by atoms with van der Waals surface area (Å²) in [5.74, 6) is 0. The van der Waals surface area contributed by atoms with E-state index in [0.29, 0.717) is 0 Å². The van der Waals surface area contributed by atoms with Crippen molar-refractivity contribution in [2.75, 3.05) is 0 Å². The van der Waals surface area contributed by atoms with Crippen molar-refractivity contribution in [3.8, 4) is 0 Å². The van der Waals surface area contributed by atoms with Crippen molar-refractivity contribution in [1.29, 1.82) is 0 Å². The van der Waals surface area contributed by atoms with Crippen LogP contribution < -0.4 is 4.72 Å². The maximum absolute atomic E-state index is 2.92. The van der Waals surface area contributed by atoms with Crippen LogP contribution in [0.4, 0.5) is 0 Å². The van der Waals surface area contributed by atoms with E-state index in [1.54, 1.807) is 11.8 Å². The van der Waals surface area contributed by atoms with Gasteiger partial charge >= 0.3 is 0 Å². The fraction of sp³-hybridized carbons (Fsp3) is 0. The molecule has 0 aromatic rings. The summed E-state index contributed by atoms with van der Waals surface area (Å²) in [4.78, 5) is 0. The SMILES string of the molecule is [C]1SC=CNS1. The van der Waals surface area contributed by atoms with Crippen LogP contribution in [0, 0.1) is 5.08 Å². The molecule has 1 N–H and O–H groups in total. The number of hydrogen-bond donors (Lipinski definition) is 1. The van der Waals surface area contributed by atoms with Crippen LogP contribution >= 0.6 is 23.7 Å². The molecule has 1 heterocycles. The maximum atomic E-state index is 2.92. The van der Waals surface area contributed by atoms with Gasteiger partial charge in [-0.15, -0.1) is 11.8 Å². The zero-order chi connectivity index (χ0) is 4.24. The summed E-state index contributed by atoms with van der Waals surface area (Å²) in [6.07, 6.45) is 1.88. The second-order valence-electron chi connectivity index (χ2n) is 0.724. The van der Waals surface area contributed by atoms with Gasteiger partial charge in [0.15, 0.2) is 0 Å². The summed E-state index contributed by atoms with van der Waals surface area (Å²) in [7, 11) is 0. The van der Waals surface area contributed by atoms with Gasteiger partial charge in [0.05, 0.1) is 0 Å². The topological polar surface area (TPSA) is 12.0 Å². The Hall–Kier alpha value is 0.240. The highest BCUT2D eigenvalue weighted by molar-refractivity contribution is 8.20. The van der Waals surface area contributed by atoms with E-state index in [2.05, 4.69) is 9.81 Å². The van der Waals surface area contributed by atoms with Crippen LogP contribution in [0.1, 0.15) is 0 Å². The van der Waals surface area contributed by atoms with Gasteiger partial charge in [0.2, 0.25) is 0 Å². The molecule has 1 aliphatic heterocycles. The van der Waals surface area contributed by atoms with Crippen molar-refractivity contribution in [2.45, 2.75) is 0 Å². The minimum absolute atomic E-state index is 1.47. The van der Waals surface area contributed by atoms with Crippen LogP contribution in [0.25, 0.3) is 0 Å². The molecule has 32 valence electrons. The summed E-state index contributed by atoms with van der Waals surface area (Å²) in [6, 6.07) is 0. The van der Waals surface area contributed by atoms with Crippen molar-refractivity contribution >= 4 is 23.7 Å². The van der Waals surface area contributed by atoms with Crippen LogP contribution in [-0.4, -0.2) is 0 Å². The van der Waals surface area contributed by atoms with Crippen LogP contribution in [0.3, 0.4) is 0 Å². The fourth-order valence-corrected chi connectivity index (χ4v) is 1.14. The first-order valence-corrected chi connectivity index (χ1v) is 3.17. The molecule has 6 heavy (non-hydrogen) atoms. The van der Waals surface area contributed by atoms with Gasteiger partial charge in [0.1, 0.15) is 5.08 Å². The molecule has 3 heteroatoms. The average Bonchev–Trinajstić information content (AvgIpc) is 1.72. The monoisotopic (exact) mass is 117 g/mol. The first-order valence-electron chi connectivity index (χ1n) is 1.47. The second kappa shape index (κ2) is 2.42. The minimum atomic E-state index is 1.47. The van der Waals surface area contributed by atoms with Crippen molar-refractivity contribution in [3.05, 3.63) is 16.7 Å². The Kier molecular flexibility index (Phi) is 1.77. The summed E-state index contributed by atoms with van der Waals surface area (Å²) in [6.45, 7) is 0. The van der Waals surface area contributed by atoms with Gasteiger partial charge in [0.25, 0.3) is 0 Å². The van der Waals surface area contributed by atoms with E-state index in [-0.39, 0.29) is 0 Å². The molecule has 0 saturated heterocycles. The lowest BCUT2D eigenvalue weighted by molar-refractivity contribution is 1.43. The van der Waals surface area contributed by atoms with Crippen molar-refractivity contribution in [1.82, 2.24) is 4.72 Å². The number of nitrogens with one attached hydrogen (secondary N) is 1. The molecule has 0 saturated carbocycles. The highest BCUT2D eigenvalue weighted by atomic mass is 32.2. The van der Waals surface area contributed by atoms with Gasteiger partial charge in [-0.05, 0) is 17.4 Å². The Labute approximate surface area is 45.7 Å². The highest BCUT2D eigenvalue weighted by Crippen LogP contribution is 2.19. The molecule has 0 bridgehead atoms. The zero-order valence-corrected chi connectivity index (χ0v) is 4.60. The Bertz CT molecular complexity index is 53.8. The quantitative estimate of drug-likeness (QED) is 0.482. The van der Waals surface area contributed by atoms with Crippen molar-refractivity contribution in [2.24, 2.45) is 0 Å². The third-order valence-electron chi connectivity index (χ3n) is 0.353. The van der Waals surface area contributed by atoms with Crippen molar-refractivity contribution in [3.63, 3.8) is 0 Å².